The molecular weight excluding hydrogens is 356 g/mol. The summed E-state index contributed by atoms with van der Waals surface area (Å²) in [4.78, 5) is 24.3. The molecule has 4 heterocycles. The number of hydrogen-bond acceptors (Lipinski definition) is 4. The highest BCUT2D eigenvalue weighted by molar-refractivity contribution is 7.18. The number of aromatic nitrogens is 4. The summed E-state index contributed by atoms with van der Waals surface area (Å²) in [6.07, 6.45) is 9.78. The molecule has 0 saturated heterocycles. The fourth-order valence-corrected chi connectivity index (χ4v) is 4.95. The summed E-state index contributed by atoms with van der Waals surface area (Å²) in [5, 5.41) is 1.47. The average Bonchev–Trinajstić information content (AvgIpc) is 3.17. The van der Waals surface area contributed by atoms with Crippen molar-refractivity contribution in [3.05, 3.63) is 62.4 Å². The van der Waals surface area contributed by atoms with Crippen LogP contribution >= 0.6 is 22.9 Å². The van der Waals surface area contributed by atoms with Gasteiger partial charge in [0, 0.05) is 17.3 Å². The summed E-state index contributed by atoms with van der Waals surface area (Å²) >= 11 is 7.70. The van der Waals surface area contributed by atoms with Crippen molar-refractivity contribution in [2.75, 3.05) is 0 Å². The van der Waals surface area contributed by atoms with E-state index in [0.29, 0.717) is 11.6 Å². The first kappa shape index (κ1) is 15.1. The van der Waals surface area contributed by atoms with Crippen molar-refractivity contribution < 1.29 is 0 Å². The highest BCUT2D eigenvalue weighted by Gasteiger charge is 2.20. The Bertz CT molecular complexity index is 1170. The van der Waals surface area contributed by atoms with E-state index in [4.69, 9.17) is 11.6 Å². The van der Waals surface area contributed by atoms with E-state index in [1.54, 1.807) is 22.2 Å². The van der Waals surface area contributed by atoms with Crippen LogP contribution in [0.3, 0.4) is 0 Å². The molecule has 25 heavy (non-hydrogen) atoms. The SMILES string of the molecule is O=c1c2c3c(sc2ncn1Cc1cn2cc(Cl)ccc2n1)CCCC3. The maximum Gasteiger partial charge on any atom is 0.262 e. The van der Waals surface area contributed by atoms with Crippen LogP contribution in [-0.4, -0.2) is 18.9 Å². The fraction of sp³-hybridized carbons (Fsp3) is 0.278. The summed E-state index contributed by atoms with van der Waals surface area (Å²) in [5.41, 5.74) is 2.89. The first-order valence-electron chi connectivity index (χ1n) is 8.32. The smallest absolute Gasteiger partial charge is 0.262 e. The van der Waals surface area contributed by atoms with E-state index < -0.39 is 0 Å². The highest BCUT2D eigenvalue weighted by atomic mass is 35.5. The van der Waals surface area contributed by atoms with Crippen molar-refractivity contribution >= 4 is 38.8 Å². The lowest BCUT2D eigenvalue weighted by atomic mass is 9.97. The van der Waals surface area contributed by atoms with Crippen molar-refractivity contribution in [2.45, 2.75) is 32.2 Å². The van der Waals surface area contributed by atoms with E-state index in [1.807, 2.05) is 28.9 Å². The summed E-state index contributed by atoms with van der Waals surface area (Å²) in [5.74, 6) is 0. The number of rotatable bonds is 2. The molecule has 5 rings (SSSR count). The van der Waals surface area contributed by atoms with Gasteiger partial charge in [-0.3, -0.25) is 9.36 Å². The van der Waals surface area contributed by atoms with E-state index in [1.165, 1.54) is 16.9 Å². The van der Waals surface area contributed by atoms with Crippen LogP contribution in [0.4, 0.5) is 0 Å². The summed E-state index contributed by atoms with van der Waals surface area (Å²) in [7, 11) is 0. The Hall–Kier alpha value is -2.18. The molecule has 0 N–H and O–H groups in total. The molecule has 1 aliphatic carbocycles. The van der Waals surface area contributed by atoms with Crippen molar-refractivity contribution in [1.29, 1.82) is 0 Å². The van der Waals surface area contributed by atoms with Crippen LogP contribution in [0.15, 0.2) is 35.6 Å². The third-order valence-electron chi connectivity index (χ3n) is 4.74. The van der Waals surface area contributed by atoms with Gasteiger partial charge < -0.3 is 4.40 Å². The Morgan fingerprint density at radius 1 is 1.20 bits per heavy atom. The molecule has 0 radical (unpaired) electrons. The Morgan fingerprint density at radius 3 is 3.00 bits per heavy atom. The number of hydrogen-bond donors (Lipinski definition) is 0. The Kier molecular flexibility index (Phi) is 3.43. The van der Waals surface area contributed by atoms with Gasteiger partial charge in [-0.1, -0.05) is 11.6 Å². The molecule has 1 aliphatic rings. The van der Waals surface area contributed by atoms with Gasteiger partial charge in [-0.15, -0.1) is 11.3 Å². The second-order valence-electron chi connectivity index (χ2n) is 6.41. The van der Waals surface area contributed by atoms with Gasteiger partial charge in [0.15, 0.2) is 0 Å². The predicted molar refractivity (Wildman–Crippen MR) is 99.8 cm³/mol. The van der Waals surface area contributed by atoms with Gasteiger partial charge in [-0.25, -0.2) is 9.97 Å². The predicted octanol–water partition coefficient (Wildman–Crippen LogP) is 3.69. The van der Waals surface area contributed by atoms with Crippen LogP contribution in [0.25, 0.3) is 15.9 Å². The van der Waals surface area contributed by atoms with E-state index in [0.717, 1.165) is 40.8 Å². The number of halogens is 1. The first-order valence-corrected chi connectivity index (χ1v) is 9.51. The van der Waals surface area contributed by atoms with Crippen LogP contribution in [0.1, 0.15) is 29.0 Å². The standard InChI is InChI=1S/C18H15ClN4OS/c19-11-5-6-15-21-12(8-22(15)7-11)9-23-10-20-17-16(18(23)24)13-3-1-2-4-14(13)25-17/h5-8,10H,1-4,9H2. The molecule has 4 aromatic rings. The third-order valence-corrected chi connectivity index (χ3v) is 6.16. The minimum absolute atomic E-state index is 0.0412. The molecular formula is C18H15ClN4OS. The molecule has 0 amide bonds. The molecule has 0 aliphatic heterocycles. The van der Waals surface area contributed by atoms with Gasteiger partial charge in [-0.2, -0.15) is 0 Å². The maximum absolute atomic E-state index is 13.0. The summed E-state index contributed by atoms with van der Waals surface area (Å²) < 4.78 is 3.54. The fourth-order valence-electron chi connectivity index (χ4n) is 3.56. The van der Waals surface area contributed by atoms with Crippen LogP contribution in [0, 0.1) is 0 Å². The maximum atomic E-state index is 13.0. The minimum atomic E-state index is 0.0412. The lowest BCUT2D eigenvalue weighted by Gasteiger charge is -2.10. The van der Waals surface area contributed by atoms with Crippen molar-refractivity contribution in [3.8, 4) is 0 Å². The highest BCUT2D eigenvalue weighted by Crippen LogP contribution is 2.33. The van der Waals surface area contributed by atoms with E-state index in [9.17, 15) is 4.79 Å². The normalized spacial score (nSPS) is 14.3. The minimum Gasteiger partial charge on any atom is -0.305 e. The van der Waals surface area contributed by atoms with E-state index >= 15 is 0 Å². The summed E-state index contributed by atoms with van der Waals surface area (Å²) in [6.45, 7) is 0.408. The van der Waals surface area contributed by atoms with Gasteiger partial charge in [0.1, 0.15) is 10.5 Å². The van der Waals surface area contributed by atoms with E-state index in [-0.39, 0.29) is 5.56 Å². The zero-order chi connectivity index (χ0) is 17.0. The Labute approximate surface area is 152 Å². The topological polar surface area (TPSA) is 52.2 Å². The van der Waals surface area contributed by atoms with Crippen molar-refractivity contribution in [2.24, 2.45) is 0 Å². The van der Waals surface area contributed by atoms with Gasteiger partial charge in [0.2, 0.25) is 0 Å². The number of aryl methyl sites for hydroxylation is 2. The van der Waals surface area contributed by atoms with Crippen molar-refractivity contribution in [3.63, 3.8) is 0 Å². The van der Waals surface area contributed by atoms with E-state index in [2.05, 4.69) is 9.97 Å². The lowest BCUT2D eigenvalue weighted by molar-refractivity contribution is 0.696. The van der Waals surface area contributed by atoms with Crippen LogP contribution in [0.2, 0.25) is 5.02 Å². The number of fused-ring (bicyclic) bond motifs is 4. The molecule has 0 unspecified atom stereocenters. The molecule has 5 nitrogen and oxygen atoms in total. The van der Waals surface area contributed by atoms with Crippen LogP contribution in [-0.2, 0) is 19.4 Å². The van der Waals surface area contributed by atoms with Crippen LogP contribution in [0.5, 0.6) is 0 Å². The second kappa shape index (κ2) is 5.68. The molecule has 126 valence electrons. The zero-order valence-corrected chi connectivity index (χ0v) is 15.0. The monoisotopic (exact) mass is 370 g/mol. The molecule has 7 heteroatoms. The quantitative estimate of drug-likeness (QED) is 0.540. The number of nitrogens with zero attached hydrogens (tertiary/aromatic N) is 4. The molecule has 0 saturated carbocycles. The summed E-state index contributed by atoms with van der Waals surface area (Å²) in [6, 6.07) is 3.68. The largest absolute Gasteiger partial charge is 0.305 e. The number of imidazole rings is 1. The van der Waals surface area contributed by atoms with Gasteiger partial charge in [-0.05, 0) is 43.4 Å². The molecule has 0 spiro atoms. The zero-order valence-electron chi connectivity index (χ0n) is 13.4. The van der Waals surface area contributed by atoms with Gasteiger partial charge in [0.05, 0.1) is 29.0 Å². The Balaban J connectivity index is 1.60. The lowest BCUT2D eigenvalue weighted by Crippen LogP contribution is -2.21. The number of thiophene rings is 1. The second-order valence-corrected chi connectivity index (χ2v) is 7.93. The molecule has 0 atom stereocenters. The van der Waals surface area contributed by atoms with Crippen molar-refractivity contribution in [1.82, 2.24) is 18.9 Å². The molecule has 0 aromatic carbocycles. The van der Waals surface area contributed by atoms with Crippen LogP contribution < -0.4 is 5.56 Å². The van der Waals surface area contributed by atoms with Gasteiger partial charge >= 0.3 is 0 Å². The third kappa shape index (κ3) is 2.48. The first-order chi connectivity index (χ1) is 12.2. The molecule has 0 fully saturated rings. The average molecular weight is 371 g/mol. The van der Waals surface area contributed by atoms with Gasteiger partial charge in [0.25, 0.3) is 5.56 Å². The molecule has 0 bridgehead atoms. The molecule has 4 aromatic heterocycles. The Morgan fingerprint density at radius 2 is 2.08 bits per heavy atom. The number of pyridine rings is 1.